The molecule has 0 unspecified atom stereocenters. The average molecular weight is 1040 g/mol. The topological polar surface area (TPSA) is 215 Å². The summed E-state index contributed by atoms with van der Waals surface area (Å²) >= 11 is 0. The van der Waals surface area contributed by atoms with Crippen molar-refractivity contribution in [2.45, 2.75) is 40.4 Å². The molecule has 6 rings (SSSR count). The quantitative estimate of drug-likeness (QED) is 0.0410. The molecule has 0 spiro atoms. The Morgan fingerprint density at radius 1 is 0.365 bits per heavy atom. The lowest BCUT2D eigenvalue weighted by molar-refractivity contribution is 0.0938. The third-order valence-corrected chi connectivity index (χ3v) is 12.1. The van der Waals surface area contributed by atoms with E-state index in [4.69, 9.17) is 56.2 Å². The zero-order chi connectivity index (χ0) is 53.2. The van der Waals surface area contributed by atoms with Gasteiger partial charge < -0.3 is 72.2 Å². The van der Waals surface area contributed by atoms with E-state index in [9.17, 15) is 14.4 Å². The Morgan fingerprint density at radius 2 is 0.608 bits per heavy atom. The number of carbonyl (C=O) groups excluding carboxylic acids is 3. The molecule has 6 aromatic rings. The van der Waals surface area contributed by atoms with Crippen LogP contribution in [0.5, 0.6) is 69.0 Å². The second-order valence-corrected chi connectivity index (χ2v) is 17.1. The van der Waals surface area contributed by atoms with E-state index in [0.29, 0.717) is 33.9 Å². The lowest BCUT2D eigenvalue weighted by atomic mass is 10.1. The minimum Gasteiger partial charge on any atom is -0.497 e. The van der Waals surface area contributed by atoms with Crippen LogP contribution in [-0.4, -0.2) is 80.2 Å². The van der Waals surface area contributed by atoms with Crippen molar-refractivity contribution < 1.29 is 75.2 Å². The summed E-state index contributed by atoms with van der Waals surface area (Å²) < 4.78 is 86.1. The number of phosphoric acid groups is 1. The molecule has 0 radical (unpaired) electrons. The summed E-state index contributed by atoms with van der Waals surface area (Å²) in [6.07, 6.45) is 0. The molecule has 20 heteroatoms. The van der Waals surface area contributed by atoms with Gasteiger partial charge in [-0.1, -0.05) is 36.4 Å². The molecular weight excluding hydrogens is 978 g/mol. The van der Waals surface area contributed by atoms with E-state index in [1.807, 2.05) is 0 Å². The third kappa shape index (κ3) is 14.2. The van der Waals surface area contributed by atoms with Gasteiger partial charge in [0, 0.05) is 56.0 Å². The van der Waals surface area contributed by atoms with Crippen LogP contribution >= 0.6 is 7.82 Å². The van der Waals surface area contributed by atoms with Gasteiger partial charge in [0.05, 0.1) is 62.5 Å². The monoisotopic (exact) mass is 1040 g/mol. The predicted molar refractivity (Wildman–Crippen MR) is 274 cm³/mol. The minimum absolute atomic E-state index is 0.0291. The van der Waals surface area contributed by atoms with Crippen LogP contribution in [0.3, 0.4) is 0 Å². The Morgan fingerprint density at radius 3 is 0.824 bits per heavy atom. The normalized spacial score (nSPS) is 10.8. The second kappa shape index (κ2) is 26.3. The lowest BCUT2D eigenvalue weighted by Crippen LogP contribution is -2.26. The first-order valence-electron chi connectivity index (χ1n) is 23.3. The average Bonchev–Trinajstić information content (AvgIpc) is 3.41. The molecule has 0 saturated heterocycles. The fourth-order valence-electron chi connectivity index (χ4n) is 7.28. The van der Waals surface area contributed by atoms with E-state index < -0.39 is 42.8 Å². The summed E-state index contributed by atoms with van der Waals surface area (Å²) in [7, 11) is 3.14. The number of nitrogens with one attached hydrogen (secondary N) is 3. The van der Waals surface area contributed by atoms with Crippen LogP contribution in [0.4, 0.5) is 0 Å². The third-order valence-electron chi connectivity index (χ3n) is 10.9. The number of ether oxygens (including phenoxy) is 9. The first kappa shape index (κ1) is 54.9. The molecule has 3 N–H and O–H groups in total. The molecule has 392 valence electrons. The van der Waals surface area contributed by atoms with Crippen molar-refractivity contribution in [2.24, 2.45) is 0 Å². The Balaban J connectivity index is 1.54. The molecule has 0 aliphatic carbocycles. The molecule has 0 aromatic heterocycles. The highest BCUT2D eigenvalue weighted by Crippen LogP contribution is 2.55. The van der Waals surface area contributed by atoms with Crippen molar-refractivity contribution in [3.05, 3.63) is 143 Å². The molecule has 0 bridgehead atoms. The predicted octanol–water partition coefficient (Wildman–Crippen LogP) is 9.37. The Hall–Kier alpha value is -8.44. The van der Waals surface area contributed by atoms with E-state index in [2.05, 4.69) is 16.0 Å². The number of rotatable bonds is 27. The van der Waals surface area contributed by atoms with Crippen molar-refractivity contribution in [1.82, 2.24) is 16.0 Å². The molecule has 6 aromatic carbocycles. The Bertz CT molecular complexity index is 2600. The first-order valence-corrected chi connectivity index (χ1v) is 24.7. The molecule has 0 aliphatic heterocycles. The molecule has 19 nitrogen and oxygen atoms in total. The van der Waals surface area contributed by atoms with Gasteiger partial charge in [-0.05, 0) is 73.9 Å². The van der Waals surface area contributed by atoms with Crippen LogP contribution in [0.2, 0.25) is 0 Å². The van der Waals surface area contributed by atoms with E-state index in [1.54, 1.807) is 115 Å². The number of carbonyl (C=O) groups is 3. The largest absolute Gasteiger partial charge is 0.647 e. The van der Waals surface area contributed by atoms with E-state index >= 15 is 4.57 Å². The van der Waals surface area contributed by atoms with E-state index in [-0.39, 0.29) is 90.6 Å². The van der Waals surface area contributed by atoms with Crippen LogP contribution < -0.4 is 72.2 Å². The summed E-state index contributed by atoms with van der Waals surface area (Å²) in [5, 5.41) is 8.57. The lowest BCUT2D eigenvalue weighted by Gasteiger charge is -2.25. The van der Waals surface area contributed by atoms with Crippen LogP contribution in [0.1, 0.15) is 68.5 Å². The maximum atomic E-state index is 16.2. The van der Waals surface area contributed by atoms with Gasteiger partial charge in [0.2, 0.25) is 0 Å². The van der Waals surface area contributed by atoms with Gasteiger partial charge in [-0.15, -0.1) is 0 Å². The minimum atomic E-state index is -5.47. The Kier molecular flexibility index (Phi) is 19.5. The van der Waals surface area contributed by atoms with Crippen molar-refractivity contribution >= 4 is 25.5 Å². The molecule has 0 fully saturated rings. The number of benzene rings is 6. The molecule has 0 atom stereocenters. The maximum absolute atomic E-state index is 16.2. The van der Waals surface area contributed by atoms with Gasteiger partial charge in [-0.2, -0.15) is 4.57 Å². The van der Waals surface area contributed by atoms with Gasteiger partial charge in [0.1, 0.15) is 68.4 Å². The Labute approximate surface area is 429 Å². The summed E-state index contributed by atoms with van der Waals surface area (Å²) in [6.45, 7) is 5.78. The number of methoxy groups -OCH3 is 6. The van der Waals surface area contributed by atoms with Gasteiger partial charge in [-0.3, -0.25) is 14.4 Å². The van der Waals surface area contributed by atoms with Gasteiger partial charge >= 0.3 is 7.82 Å². The van der Waals surface area contributed by atoms with Crippen molar-refractivity contribution in [2.75, 3.05) is 62.5 Å². The van der Waals surface area contributed by atoms with Crippen molar-refractivity contribution in [3.8, 4) is 69.0 Å². The maximum Gasteiger partial charge on any atom is 0.647 e. The van der Waals surface area contributed by atoms with Crippen LogP contribution in [0.15, 0.2) is 109 Å². The highest BCUT2D eigenvalue weighted by molar-refractivity contribution is 7.49. The second-order valence-electron chi connectivity index (χ2n) is 15.6. The van der Waals surface area contributed by atoms with Crippen LogP contribution in [0.25, 0.3) is 0 Å². The molecular formula is C54H60N3O16P. The van der Waals surface area contributed by atoms with Crippen LogP contribution in [0, 0.1) is 0 Å². The van der Waals surface area contributed by atoms with Gasteiger partial charge in [-0.25, -0.2) is 0 Å². The van der Waals surface area contributed by atoms with E-state index in [0.717, 1.165) is 0 Å². The van der Waals surface area contributed by atoms with Crippen LogP contribution in [-0.2, 0) is 24.2 Å². The standard InChI is InChI=1S/C54H60N3O16P/c1-10-68-40-25-43(65-7)49(52(58)55-31-34-13-19-37(62-4)20-14-34)46(28-40)71-74(61,72-47-29-41(69-11-2)26-44(66-8)50(47)53(59)56-32-35-15-21-38(63-5)22-16-35)73-48-30-42(70-12-3)27-45(67-9)51(48)54(60)57-33-36-17-23-39(64-6)24-18-36/h13-30H,10-12,31-33H2,1-9H3,(H,55,58)(H,56,59)(H,57,60). The smallest absolute Gasteiger partial charge is 0.497 e. The molecule has 0 saturated carbocycles. The van der Waals surface area contributed by atoms with Crippen molar-refractivity contribution in [3.63, 3.8) is 0 Å². The number of hydrogen-bond donors (Lipinski definition) is 3. The fraction of sp³-hybridized carbons (Fsp3) is 0.278. The SMILES string of the molecule is CCOc1cc(OC)c(C(=O)NCc2ccc(OC)cc2)c(OP(=O)(Oc2cc(OCC)cc(OC)c2C(=O)NCc2ccc(OC)cc2)Oc2cc(OCC)cc(OC)c2C(=O)NCc2ccc(OC)cc2)c1. The summed E-state index contributed by atoms with van der Waals surface area (Å²) in [6, 6.07) is 29.3. The highest BCUT2D eigenvalue weighted by Gasteiger charge is 2.40. The molecule has 0 aliphatic rings. The summed E-state index contributed by atoms with van der Waals surface area (Å²) in [4.78, 5) is 43.4. The molecule has 0 heterocycles. The summed E-state index contributed by atoms with van der Waals surface area (Å²) in [5.41, 5.74) is 1.37. The highest BCUT2D eigenvalue weighted by atomic mass is 31.2. The fourth-order valence-corrected chi connectivity index (χ4v) is 8.54. The zero-order valence-corrected chi connectivity index (χ0v) is 43.5. The number of phosphoric ester groups is 1. The molecule has 74 heavy (non-hydrogen) atoms. The first-order chi connectivity index (χ1) is 35.8. The van der Waals surface area contributed by atoms with Gasteiger partial charge in [0.25, 0.3) is 17.7 Å². The molecule has 3 amide bonds. The zero-order valence-electron chi connectivity index (χ0n) is 42.6. The van der Waals surface area contributed by atoms with E-state index in [1.165, 1.54) is 57.7 Å². The number of amides is 3. The van der Waals surface area contributed by atoms with Gasteiger partial charge in [0.15, 0.2) is 17.2 Å². The summed E-state index contributed by atoms with van der Waals surface area (Å²) in [5.74, 6) is -1.37. The van der Waals surface area contributed by atoms with Crippen molar-refractivity contribution in [1.29, 1.82) is 0 Å². The number of hydrogen-bond acceptors (Lipinski definition) is 16.